The van der Waals surface area contributed by atoms with Crippen LogP contribution in [0, 0.1) is 5.92 Å². The molecule has 1 aromatic heterocycles. The molecule has 3 amide bonds. The number of carbonyl (C=O) groups excluding carboxylic acids is 3. The minimum Gasteiger partial charge on any atom is -0.451 e. The minimum absolute atomic E-state index is 0.0779. The number of nitrogens with zero attached hydrogens (tertiary/aromatic N) is 1. The summed E-state index contributed by atoms with van der Waals surface area (Å²) in [7, 11) is 0. The number of hydrogen-bond donors (Lipinski definition) is 3. The average Bonchev–Trinajstić information content (AvgIpc) is 3.11. The van der Waals surface area contributed by atoms with E-state index in [4.69, 9.17) is 4.42 Å². The highest BCUT2D eigenvalue weighted by Gasteiger charge is 2.20. The number of furan rings is 1. The van der Waals surface area contributed by atoms with Gasteiger partial charge in [0.1, 0.15) is 5.58 Å². The number of benzene rings is 1. The van der Waals surface area contributed by atoms with Crippen LogP contribution < -0.4 is 10.6 Å². The van der Waals surface area contributed by atoms with E-state index in [1.807, 2.05) is 25.1 Å². The van der Waals surface area contributed by atoms with Crippen molar-refractivity contribution >= 4 is 29.2 Å². The molecule has 0 unspecified atom stereocenters. The summed E-state index contributed by atoms with van der Waals surface area (Å²) in [6, 6.07) is 8.90. The van der Waals surface area contributed by atoms with Gasteiger partial charge in [-0.2, -0.15) is 0 Å². The predicted octanol–water partition coefficient (Wildman–Crippen LogP) is 2.28. The minimum atomic E-state index is -0.546. The molecule has 2 rings (SSSR count). The van der Waals surface area contributed by atoms with E-state index < -0.39 is 11.8 Å². The van der Waals surface area contributed by atoms with Crippen LogP contribution >= 0.6 is 0 Å². The maximum atomic E-state index is 12.3. The molecule has 146 valence electrons. The first-order valence-corrected chi connectivity index (χ1v) is 9.00. The third-order valence-corrected chi connectivity index (χ3v) is 4.22. The van der Waals surface area contributed by atoms with E-state index in [1.54, 1.807) is 12.1 Å². The summed E-state index contributed by atoms with van der Waals surface area (Å²) in [5.74, 6) is -1.16. The maximum absolute atomic E-state index is 12.3. The van der Waals surface area contributed by atoms with Crippen molar-refractivity contribution in [3.05, 3.63) is 36.1 Å². The summed E-state index contributed by atoms with van der Waals surface area (Å²) >= 11 is 0. The standard InChI is InChI=1S/C19H25N3O5/c1-2-3-4-8-15(11-22(26)13-23)18(24)20-12-21-19(25)17-10-14-7-5-6-9-16(14)27-17/h5-7,9-10,13,15,26H,2-4,8,11-12H2,1H3,(H,20,24)(H,21,25)/t15-/m0/s1. The number of hydroxylamine groups is 2. The normalized spacial score (nSPS) is 11.8. The summed E-state index contributed by atoms with van der Waals surface area (Å²) in [6.45, 7) is 1.88. The molecular weight excluding hydrogens is 350 g/mol. The third kappa shape index (κ3) is 6.10. The van der Waals surface area contributed by atoms with E-state index in [-0.39, 0.29) is 31.3 Å². The molecule has 0 aliphatic heterocycles. The van der Waals surface area contributed by atoms with E-state index in [1.165, 1.54) is 0 Å². The molecule has 0 radical (unpaired) electrons. The lowest BCUT2D eigenvalue weighted by Crippen LogP contribution is -2.42. The molecule has 1 aromatic carbocycles. The van der Waals surface area contributed by atoms with Gasteiger partial charge < -0.3 is 15.1 Å². The Balaban J connectivity index is 1.85. The van der Waals surface area contributed by atoms with Gasteiger partial charge in [-0.05, 0) is 18.6 Å². The SMILES string of the molecule is CCCCC[C@@H](CN(O)C=O)C(=O)NCNC(=O)c1cc2ccccc2o1. The molecule has 1 heterocycles. The quantitative estimate of drug-likeness (QED) is 0.183. The number of para-hydroxylation sites is 1. The lowest BCUT2D eigenvalue weighted by Gasteiger charge is -2.19. The van der Waals surface area contributed by atoms with Crippen LogP contribution in [0.25, 0.3) is 11.0 Å². The molecule has 2 aromatic rings. The Kier molecular flexibility index (Phi) is 7.81. The Morgan fingerprint density at radius 3 is 2.74 bits per heavy atom. The van der Waals surface area contributed by atoms with Crippen molar-refractivity contribution in [1.29, 1.82) is 0 Å². The van der Waals surface area contributed by atoms with Gasteiger partial charge in [-0.15, -0.1) is 0 Å². The van der Waals surface area contributed by atoms with E-state index in [9.17, 15) is 19.6 Å². The van der Waals surface area contributed by atoms with Gasteiger partial charge in [0, 0.05) is 5.39 Å². The van der Waals surface area contributed by atoms with E-state index in [0.717, 1.165) is 24.6 Å². The second-order valence-corrected chi connectivity index (χ2v) is 6.29. The van der Waals surface area contributed by atoms with Crippen LogP contribution in [0.4, 0.5) is 0 Å². The van der Waals surface area contributed by atoms with Gasteiger partial charge >= 0.3 is 0 Å². The lowest BCUT2D eigenvalue weighted by atomic mass is 10.0. The molecule has 8 heteroatoms. The molecule has 0 aliphatic carbocycles. The van der Waals surface area contributed by atoms with Crippen LogP contribution in [0.15, 0.2) is 34.7 Å². The Bertz CT molecular complexity index is 741. The van der Waals surface area contributed by atoms with E-state index in [0.29, 0.717) is 17.1 Å². The molecular formula is C19H25N3O5. The van der Waals surface area contributed by atoms with Gasteiger partial charge in [-0.3, -0.25) is 19.6 Å². The predicted molar refractivity (Wildman–Crippen MR) is 98.9 cm³/mol. The first-order valence-electron chi connectivity index (χ1n) is 9.00. The monoisotopic (exact) mass is 375 g/mol. The van der Waals surface area contributed by atoms with Crippen molar-refractivity contribution < 1.29 is 24.0 Å². The Labute approximate surface area is 157 Å². The molecule has 0 saturated carbocycles. The van der Waals surface area contributed by atoms with Crippen molar-refractivity contribution in [3.63, 3.8) is 0 Å². The van der Waals surface area contributed by atoms with Gasteiger partial charge in [0.2, 0.25) is 12.3 Å². The van der Waals surface area contributed by atoms with Crippen LogP contribution in [-0.4, -0.2) is 41.7 Å². The van der Waals surface area contributed by atoms with Gasteiger partial charge in [0.05, 0.1) is 19.1 Å². The molecule has 0 fully saturated rings. The van der Waals surface area contributed by atoms with Crippen LogP contribution in [0.1, 0.15) is 43.2 Å². The highest BCUT2D eigenvalue weighted by Crippen LogP contribution is 2.18. The van der Waals surface area contributed by atoms with Crippen molar-refractivity contribution in [2.24, 2.45) is 5.92 Å². The van der Waals surface area contributed by atoms with Gasteiger partial charge in [-0.1, -0.05) is 44.4 Å². The van der Waals surface area contributed by atoms with Crippen LogP contribution in [0.5, 0.6) is 0 Å². The first-order chi connectivity index (χ1) is 13.0. The molecule has 0 spiro atoms. The molecule has 27 heavy (non-hydrogen) atoms. The van der Waals surface area contributed by atoms with Gasteiger partial charge in [0.25, 0.3) is 5.91 Å². The highest BCUT2D eigenvalue weighted by molar-refractivity contribution is 5.96. The first kappa shape index (κ1) is 20.4. The Morgan fingerprint density at radius 1 is 1.26 bits per heavy atom. The van der Waals surface area contributed by atoms with E-state index in [2.05, 4.69) is 10.6 Å². The van der Waals surface area contributed by atoms with Crippen molar-refractivity contribution in [1.82, 2.24) is 15.7 Å². The zero-order chi connectivity index (χ0) is 19.6. The zero-order valence-electron chi connectivity index (χ0n) is 15.3. The van der Waals surface area contributed by atoms with Crippen molar-refractivity contribution in [3.8, 4) is 0 Å². The maximum Gasteiger partial charge on any atom is 0.288 e. The van der Waals surface area contributed by atoms with Crippen LogP contribution in [0.2, 0.25) is 0 Å². The summed E-state index contributed by atoms with van der Waals surface area (Å²) < 4.78 is 5.46. The number of hydrogen-bond acceptors (Lipinski definition) is 5. The summed E-state index contributed by atoms with van der Waals surface area (Å²) in [5.41, 5.74) is 0.611. The smallest absolute Gasteiger partial charge is 0.288 e. The second-order valence-electron chi connectivity index (χ2n) is 6.29. The fourth-order valence-electron chi connectivity index (χ4n) is 2.75. The lowest BCUT2D eigenvalue weighted by molar-refractivity contribution is -0.154. The van der Waals surface area contributed by atoms with Crippen LogP contribution in [-0.2, 0) is 9.59 Å². The van der Waals surface area contributed by atoms with E-state index >= 15 is 0 Å². The fourth-order valence-corrected chi connectivity index (χ4v) is 2.75. The van der Waals surface area contributed by atoms with Crippen molar-refractivity contribution in [2.45, 2.75) is 32.6 Å². The molecule has 0 aliphatic rings. The topological polar surface area (TPSA) is 112 Å². The highest BCUT2D eigenvalue weighted by atomic mass is 16.5. The number of carbonyl (C=O) groups is 3. The van der Waals surface area contributed by atoms with Crippen molar-refractivity contribution in [2.75, 3.05) is 13.2 Å². The number of amides is 3. The molecule has 8 nitrogen and oxygen atoms in total. The number of nitrogens with one attached hydrogen (secondary N) is 2. The van der Waals surface area contributed by atoms with Gasteiger partial charge in [0.15, 0.2) is 5.76 Å². The second kappa shape index (κ2) is 10.3. The number of unbranched alkanes of at least 4 members (excludes halogenated alkanes) is 2. The van der Waals surface area contributed by atoms with Gasteiger partial charge in [-0.25, -0.2) is 5.06 Å². The summed E-state index contributed by atoms with van der Waals surface area (Å²) in [6.07, 6.45) is 3.58. The molecule has 0 bridgehead atoms. The number of fused-ring (bicyclic) bond motifs is 1. The third-order valence-electron chi connectivity index (χ3n) is 4.22. The fraction of sp³-hybridized carbons (Fsp3) is 0.421. The largest absolute Gasteiger partial charge is 0.451 e. The molecule has 0 saturated heterocycles. The average molecular weight is 375 g/mol. The molecule has 1 atom stereocenters. The van der Waals surface area contributed by atoms with Crippen LogP contribution in [0.3, 0.4) is 0 Å². The Hall–Kier alpha value is -2.87. The summed E-state index contributed by atoms with van der Waals surface area (Å²) in [4.78, 5) is 35.1. The number of rotatable bonds is 11. The summed E-state index contributed by atoms with van der Waals surface area (Å²) in [5, 5.41) is 15.8. The zero-order valence-corrected chi connectivity index (χ0v) is 15.3. The molecule has 3 N–H and O–H groups in total. The Morgan fingerprint density at radius 2 is 2.04 bits per heavy atom.